The van der Waals surface area contributed by atoms with E-state index >= 15 is 0 Å². The molecule has 0 bridgehead atoms. The molecule has 0 nitrogen and oxygen atoms in total. The van der Waals surface area contributed by atoms with E-state index in [4.69, 9.17) is 0 Å². The van der Waals surface area contributed by atoms with Gasteiger partial charge < -0.3 is 0 Å². The van der Waals surface area contributed by atoms with Crippen molar-refractivity contribution in [2.75, 3.05) is 0 Å². The molecule has 0 heterocycles. The molecule has 4 rings (SSSR count). The summed E-state index contributed by atoms with van der Waals surface area (Å²) < 4.78 is 0. The van der Waals surface area contributed by atoms with Gasteiger partial charge in [0, 0.05) is 10.5 Å². The van der Waals surface area contributed by atoms with Crippen LogP contribution in [0.15, 0.2) is 84.9 Å². The first kappa shape index (κ1) is 28.7. The number of aryl methyl sites for hydroxylation is 8. The Morgan fingerprint density at radius 1 is 0.436 bits per heavy atom. The Hall–Kier alpha value is -3.29. The first-order valence-electron chi connectivity index (χ1n) is 13.9. The van der Waals surface area contributed by atoms with Crippen LogP contribution in [-0.4, -0.2) is 0 Å². The van der Waals surface area contributed by atoms with Crippen molar-refractivity contribution in [3.05, 3.63) is 152 Å². The van der Waals surface area contributed by atoms with Crippen molar-refractivity contribution in [2.45, 2.75) is 65.9 Å². The summed E-state index contributed by atoms with van der Waals surface area (Å²) in [6.45, 7) is 17.6. The third-order valence-electron chi connectivity index (χ3n) is 7.51. The highest BCUT2D eigenvalue weighted by Gasteiger charge is 2.20. The van der Waals surface area contributed by atoms with Crippen molar-refractivity contribution >= 4 is 23.9 Å². The van der Waals surface area contributed by atoms with Crippen LogP contribution in [0.5, 0.6) is 0 Å². The third kappa shape index (κ3) is 7.43. The molecule has 200 valence electrons. The van der Waals surface area contributed by atoms with Gasteiger partial charge in [-0.15, -0.1) is 11.8 Å². The molecule has 1 heteroatoms. The molecule has 0 aliphatic heterocycles. The van der Waals surface area contributed by atoms with Crippen LogP contribution in [0.1, 0.15) is 77.3 Å². The van der Waals surface area contributed by atoms with Gasteiger partial charge in [0.15, 0.2) is 0 Å². The molecule has 4 aromatic rings. The van der Waals surface area contributed by atoms with Crippen molar-refractivity contribution in [1.82, 2.24) is 0 Å². The molecule has 0 aliphatic rings. The van der Waals surface area contributed by atoms with E-state index in [2.05, 4.69) is 152 Å². The standard InChI is InChI=1S/C38H42S/c1-25-9-13-33(29(5)21-25)15-19-37(35-17-11-27(3)23-31(35)7)39-38(36-18-12-28(4)24-32(36)8)20-16-34-14-10-26(2)22-30(34)6/h9-24,37-38H,1-8H3/b19-15-,20-16?. The van der Waals surface area contributed by atoms with Gasteiger partial charge in [0.05, 0.1) is 0 Å². The van der Waals surface area contributed by atoms with Gasteiger partial charge in [-0.1, -0.05) is 119 Å². The first-order valence-corrected chi connectivity index (χ1v) is 14.9. The van der Waals surface area contributed by atoms with E-state index in [1.807, 2.05) is 11.8 Å². The number of hydrogen-bond acceptors (Lipinski definition) is 1. The maximum absolute atomic E-state index is 2.40. The van der Waals surface area contributed by atoms with Crippen molar-refractivity contribution in [1.29, 1.82) is 0 Å². The van der Waals surface area contributed by atoms with Crippen LogP contribution < -0.4 is 0 Å². The van der Waals surface area contributed by atoms with Gasteiger partial charge in [-0.2, -0.15) is 0 Å². The van der Waals surface area contributed by atoms with Gasteiger partial charge in [-0.05, 0) is 99.9 Å². The summed E-state index contributed by atoms with van der Waals surface area (Å²) in [5.74, 6) is 0. The maximum atomic E-state index is 2.40. The summed E-state index contributed by atoms with van der Waals surface area (Å²) in [5, 5.41) is 0.418. The van der Waals surface area contributed by atoms with E-state index in [0.717, 1.165) is 0 Å². The van der Waals surface area contributed by atoms with Gasteiger partial charge in [0.1, 0.15) is 0 Å². The molecule has 0 amide bonds. The van der Waals surface area contributed by atoms with E-state index in [1.165, 1.54) is 66.8 Å². The zero-order valence-corrected chi connectivity index (χ0v) is 25.6. The topological polar surface area (TPSA) is 0 Å². The fourth-order valence-electron chi connectivity index (χ4n) is 5.30. The van der Waals surface area contributed by atoms with Gasteiger partial charge in [-0.3, -0.25) is 0 Å². The van der Waals surface area contributed by atoms with Gasteiger partial charge in [0.2, 0.25) is 0 Å². The lowest BCUT2D eigenvalue weighted by Crippen LogP contribution is -2.01. The minimum Gasteiger partial charge on any atom is -0.137 e. The highest BCUT2D eigenvalue weighted by Crippen LogP contribution is 2.45. The summed E-state index contributed by atoms with van der Waals surface area (Å²) in [7, 11) is 0. The SMILES string of the molecule is Cc1ccc(C=CC(SC(/C=C\c2ccc(C)cc2C)c2ccc(C)cc2C)c2ccc(C)cc2C)c(C)c1. The molecule has 0 saturated heterocycles. The molecule has 0 aromatic heterocycles. The van der Waals surface area contributed by atoms with Crippen molar-refractivity contribution < 1.29 is 0 Å². The molecule has 0 spiro atoms. The van der Waals surface area contributed by atoms with Crippen molar-refractivity contribution in [3.8, 4) is 0 Å². The molecule has 0 radical (unpaired) electrons. The van der Waals surface area contributed by atoms with Crippen LogP contribution in [-0.2, 0) is 0 Å². The minimum absolute atomic E-state index is 0.209. The smallest absolute Gasteiger partial charge is 0.0492 e. The maximum Gasteiger partial charge on any atom is 0.0492 e. The van der Waals surface area contributed by atoms with Gasteiger partial charge >= 0.3 is 0 Å². The van der Waals surface area contributed by atoms with Crippen molar-refractivity contribution in [3.63, 3.8) is 0 Å². The number of thioether (sulfide) groups is 1. The normalized spacial score (nSPS) is 13.3. The molecule has 39 heavy (non-hydrogen) atoms. The number of rotatable bonds is 8. The Morgan fingerprint density at radius 3 is 1.10 bits per heavy atom. The lowest BCUT2D eigenvalue weighted by Gasteiger charge is -2.23. The quantitative estimate of drug-likeness (QED) is 0.218. The Balaban J connectivity index is 1.78. The summed E-state index contributed by atoms with van der Waals surface area (Å²) in [6.07, 6.45) is 9.44. The number of benzene rings is 4. The molecule has 0 N–H and O–H groups in total. The highest BCUT2D eigenvalue weighted by atomic mass is 32.2. The highest BCUT2D eigenvalue weighted by molar-refractivity contribution is 8.00. The zero-order chi connectivity index (χ0) is 28.1. The second-order valence-corrected chi connectivity index (χ2v) is 12.4. The van der Waals surface area contributed by atoms with E-state index in [0.29, 0.717) is 0 Å². The van der Waals surface area contributed by atoms with Crippen LogP contribution in [0.4, 0.5) is 0 Å². The molecular formula is C38H42S. The molecule has 0 aliphatic carbocycles. The Kier molecular flexibility index (Phi) is 9.36. The predicted molar refractivity (Wildman–Crippen MR) is 175 cm³/mol. The van der Waals surface area contributed by atoms with Crippen LogP contribution in [0.3, 0.4) is 0 Å². The summed E-state index contributed by atoms with van der Waals surface area (Å²) in [4.78, 5) is 0. The Bertz CT molecular complexity index is 1400. The van der Waals surface area contributed by atoms with Crippen LogP contribution >= 0.6 is 11.8 Å². The largest absolute Gasteiger partial charge is 0.137 e. The minimum atomic E-state index is 0.209. The van der Waals surface area contributed by atoms with E-state index in [9.17, 15) is 0 Å². The summed E-state index contributed by atoms with van der Waals surface area (Å²) in [6, 6.07) is 27.2. The van der Waals surface area contributed by atoms with E-state index in [-0.39, 0.29) is 10.5 Å². The fourth-order valence-corrected chi connectivity index (χ4v) is 6.78. The van der Waals surface area contributed by atoms with Gasteiger partial charge in [0.25, 0.3) is 0 Å². The lowest BCUT2D eigenvalue weighted by molar-refractivity contribution is 1.12. The number of hydrogen-bond donors (Lipinski definition) is 0. The summed E-state index contributed by atoms with van der Waals surface area (Å²) in [5.41, 5.74) is 15.8. The van der Waals surface area contributed by atoms with Crippen molar-refractivity contribution in [2.24, 2.45) is 0 Å². The Morgan fingerprint density at radius 2 is 0.769 bits per heavy atom. The first-order chi connectivity index (χ1) is 18.6. The molecule has 2 atom stereocenters. The second-order valence-electron chi connectivity index (χ2n) is 11.1. The predicted octanol–water partition coefficient (Wildman–Crippen LogP) is 11.1. The molecule has 0 fully saturated rings. The van der Waals surface area contributed by atoms with Crippen LogP contribution in [0.25, 0.3) is 12.2 Å². The summed E-state index contributed by atoms with van der Waals surface area (Å²) >= 11 is 2.02. The van der Waals surface area contributed by atoms with Crippen LogP contribution in [0.2, 0.25) is 0 Å². The molecule has 4 aromatic carbocycles. The average Bonchev–Trinajstić information content (AvgIpc) is 2.86. The average molecular weight is 531 g/mol. The second kappa shape index (κ2) is 12.7. The monoisotopic (exact) mass is 530 g/mol. The molecule has 0 saturated carbocycles. The fraction of sp³-hybridized carbons (Fsp3) is 0.263. The zero-order valence-electron chi connectivity index (χ0n) is 24.8. The molecular weight excluding hydrogens is 488 g/mol. The Labute approximate surface area is 240 Å². The van der Waals surface area contributed by atoms with Gasteiger partial charge in [-0.25, -0.2) is 0 Å². The van der Waals surface area contributed by atoms with E-state index in [1.54, 1.807) is 0 Å². The lowest BCUT2D eigenvalue weighted by atomic mass is 10.0. The molecule has 2 unspecified atom stereocenters. The third-order valence-corrected chi connectivity index (χ3v) is 8.92. The van der Waals surface area contributed by atoms with Crippen LogP contribution in [0, 0.1) is 55.4 Å². The van der Waals surface area contributed by atoms with E-state index < -0.39 is 0 Å².